The van der Waals surface area contributed by atoms with Gasteiger partial charge in [-0.15, -0.1) is 0 Å². The Labute approximate surface area is 161 Å². The average molecular weight is 359 g/mol. The Hall–Kier alpha value is -2.81. The summed E-state index contributed by atoms with van der Waals surface area (Å²) in [5.41, 5.74) is 5.60. The van der Waals surface area contributed by atoms with Crippen molar-refractivity contribution in [3.8, 4) is 5.75 Å². The first-order valence-corrected chi connectivity index (χ1v) is 9.46. The normalized spacial score (nSPS) is 22.4. The number of ketones is 1. The highest BCUT2D eigenvalue weighted by Crippen LogP contribution is 2.46. The zero-order valence-corrected chi connectivity index (χ0v) is 16.1. The van der Waals surface area contributed by atoms with E-state index in [-0.39, 0.29) is 17.6 Å². The third-order valence-electron chi connectivity index (χ3n) is 5.87. The molecule has 0 saturated carbocycles. The van der Waals surface area contributed by atoms with E-state index in [0.717, 1.165) is 29.0 Å². The van der Waals surface area contributed by atoms with E-state index in [1.807, 2.05) is 36.4 Å². The number of para-hydroxylation sites is 1. The van der Waals surface area contributed by atoms with Crippen LogP contribution in [-0.4, -0.2) is 24.8 Å². The van der Waals surface area contributed by atoms with Gasteiger partial charge in [0.05, 0.1) is 7.11 Å². The van der Waals surface area contributed by atoms with Gasteiger partial charge in [-0.1, -0.05) is 54.6 Å². The van der Waals surface area contributed by atoms with Gasteiger partial charge >= 0.3 is 0 Å². The lowest BCUT2D eigenvalue weighted by Gasteiger charge is -2.39. The monoisotopic (exact) mass is 359 g/mol. The summed E-state index contributed by atoms with van der Waals surface area (Å²) in [6.45, 7) is 2.12. The Bertz CT molecular complexity index is 926. The second-order valence-electron chi connectivity index (χ2n) is 7.39. The Balaban J connectivity index is 1.77. The van der Waals surface area contributed by atoms with Crippen LogP contribution in [0.2, 0.25) is 0 Å². The summed E-state index contributed by atoms with van der Waals surface area (Å²) in [4.78, 5) is 15.5. The first-order valence-electron chi connectivity index (χ1n) is 9.46. The van der Waals surface area contributed by atoms with Crippen LogP contribution in [0.25, 0.3) is 0 Å². The molecule has 0 bridgehead atoms. The molecule has 0 saturated heterocycles. The number of hydrogen-bond donors (Lipinski definition) is 0. The minimum absolute atomic E-state index is 0.0449. The van der Waals surface area contributed by atoms with Crippen LogP contribution in [0, 0.1) is 0 Å². The van der Waals surface area contributed by atoms with E-state index in [9.17, 15) is 4.79 Å². The molecule has 2 unspecified atom stereocenters. The van der Waals surface area contributed by atoms with Crippen LogP contribution in [-0.2, 0) is 4.79 Å². The molecule has 2 aliphatic rings. The number of carbonyl (C=O) groups is 1. The molecule has 0 fully saturated rings. The Morgan fingerprint density at radius 2 is 1.70 bits per heavy atom. The lowest BCUT2D eigenvalue weighted by atomic mass is 9.74. The Morgan fingerprint density at radius 3 is 2.44 bits per heavy atom. The summed E-state index contributed by atoms with van der Waals surface area (Å²) in [5, 5.41) is 0. The molecule has 0 aromatic heterocycles. The quantitative estimate of drug-likeness (QED) is 0.770. The minimum Gasteiger partial charge on any atom is -0.496 e. The first-order chi connectivity index (χ1) is 13.1. The smallest absolute Gasteiger partial charge is 0.162 e. The van der Waals surface area contributed by atoms with Gasteiger partial charge in [0.1, 0.15) is 5.75 Å². The summed E-state index contributed by atoms with van der Waals surface area (Å²) in [6.07, 6.45) is 3.60. The molecule has 2 aromatic carbocycles. The molecule has 3 heteroatoms. The summed E-state index contributed by atoms with van der Waals surface area (Å²) in [6, 6.07) is 18.4. The highest BCUT2D eigenvalue weighted by molar-refractivity contribution is 6.00. The number of benzene rings is 2. The van der Waals surface area contributed by atoms with Crippen LogP contribution in [0.15, 0.2) is 77.6 Å². The van der Waals surface area contributed by atoms with Gasteiger partial charge in [0.15, 0.2) is 5.78 Å². The van der Waals surface area contributed by atoms with Crippen LogP contribution in [0.3, 0.4) is 0 Å². The van der Waals surface area contributed by atoms with Crippen LogP contribution < -0.4 is 4.74 Å². The van der Waals surface area contributed by atoms with E-state index in [2.05, 4.69) is 43.1 Å². The third kappa shape index (κ3) is 3.08. The molecular weight excluding hydrogens is 334 g/mol. The molecule has 0 spiro atoms. The van der Waals surface area contributed by atoms with Gasteiger partial charge in [0.25, 0.3) is 0 Å². The highest BCUT2D eigenvalue weighted by Gasteiger charge is 2.37. The molecule has 138 valence electrons. The number of methoxy groups -OCH3 is 1. The van der Waals surface area contributed by atoms with Crippen molar-refractivity contribution in [3.05, 3.63) is 88.8 Å². The minimum atomic E-state index is 0.0449. The zero-order valence-electron chi connectivity index (χ0n) is 16.1. The molecule has 1 aliphatic heterocycles. The number of nitrogens with zero attached hydrogens (tertiary/aromatic N) is 1. The van der Waals surface area contributed by atoms with Gasteiger partial charge in [-0.25, -0.2) is 0 Å². The third-order valence-corrected chi connectivity index (χ3v) is 5.87. The molecule has 1 heterocycles. The second-order valence-corrected chi connectivity index (χ2v) is 7.39. The molecule has 0 N–H and O–H groups in total. The fourth-order valence-corrected chi connectivity index (χ4v) is 4.38. The fraction of sp³-hybridized carbons (Fsp3) is 0.292. The zero-order chi connectivity index (χ0) is 19.0. The molecule has 2 aromatic rings. The fourth-order valence-electron chi connectivity index (χ4n) is 4.38. The van der Waals surface area contributed by atoms with E-state index in [4.69, 9.17) is 4.74 Å². The SMILES string of the molecule is COc1ccccc1C1CC(=O)C2=C(C1)N(C)C(C)=CC2c1ccccc1. The molecule has 0 amide bonds. The van der Waals surface area contributed by atoms with Crippen molar-refractivity contribution in [3.63, 3.8) is 0 Å². The van der Waals surface area contributed by atoms with Gasteiger partial charge in [0, 0.05) is 42.3 Å². The number of ether oxygens (including phenoxy) is 1. The van der Waals surface area contributed by atoms with E-state index >= 15 is 0 Å². The van der Waals surface area contributed by atoms with Crippen LogP contribution >= 0.6 is 0 Å². The largest absolute Gasteiger partial charge is 0.496 e. The summed E-state index contributed by atoms with van der Waals surface area (Å²) in [5.74, 6) is 1.31. The molecular formula is C24H25NO2. The molecule has 3 nitrogen and oxygen atoms in total. The van der Waals surface area contributed by atoms with Crippen LogP contribution in [0.5, 0.6) is 5.75 Å². The van der Waals surface area contributed by atoms with Crippen LogP contribution in [0.1, 0.15) is 42.7 Å². The van der Waals surface area contributed by atoms with Crippen molar-refractivity contribution in [1.82, 2.24) is 4.90 Å². The molecule has 1 aliphatic carbocycles. The summed E-state index contributed by atoms with van der Waals surface area (Å²) in [7, 11) is 3.76. The Morgan fingerprint density at radius 1 is 1.00 bits per heavy atom. The van der Waals surface area contributed by atoms with E-state index in [1.165, 1.54) is 11.3 Å². The lowest BCUT2D eigenvalue weighted by molar-refractivity contribution is -0.116. The van der Waals surface area contributed by atoms with Crippen molar-refractivity contribution in [2.75, 3.05) is 14.2 Å². The predicted octanol–water partition coefficient (Wildman–Crippen LogP) is 5.03. The standard InChI is InChI=1S/C24H25NO2/c1-16-13-20(17-9-5-4-6-10-17)24-21(25(16)2)14-18(15-22(24)26)19-11-7-8-12-23(19)27-3/h4-13,18,20H,14-15H2,1-3H3. The van der Waals surface area contributed by atoms with Crippen LogP contribution in [0.4, 0.5) is 0 Å². The van der Waals surface area contributed by atoms with Gasteiger partial charge in [-0.2, -0.15) is 0 Å². The van der Waals surface area contributed by atoms with Crippen molar-refractivity contribution < 1.29 is 9.53 Å². The maximum Gasteiger partial charge on any atom is 0.162 e. The van der Waals surface area contributed by atoms with Crippen molar-refractivity contribution in [1.29, 1.82) is 0 Å². The first kappa shape index (κ1) is 17.6. The summed E-state index contributed by atoms with van der Waals surface area (Å²) < 4.78 is 5.56. The number of allylic oxidation sites excluding steroid dienone is 4. The average Bonchev–Trinajstić information content (AvgIpc) is 2.71. The van der Waals surface area contributed by atoms with Gasteiger partial charge in [-0.3, -0.25) is 4.79 Å². The summed E-state index contributed by atoms with van der Waals surface area (Å²) >= 11 is 0. The molecule has 0 radical (unpaired) electrons. The predicted molar refractivity (Wildman–Crippen MR) is 108 cm³/mol. The number of rotatable bonds is 3. The van der Waals surface area contributed by atoms with Crippen molar-refractivity contribution in [2.45, 2.75) is 31.6 Å². The van der Waals surface area contributed by atoms with E-state index in [0.29, 0.717) is 6.42 Å². The Kier molecular flexibility index (Phi) is 4.61. The number of Topliss-reactive ketones (excluding diaryl/α,β-unsaturated/α-hetero) is 1. The highest BCUT2D eigenvalue weighted by atomic mass is 16.5. The lowest BCUT2D eigenvalue weighted by Crippen LogP contribution is -2.32. The van der Waals surface area contributed by atoms with Gasteiger partial charge < -0.3 is 9.64 Å². The maximum absolute atomic E-state index is 13.3. The van der Waals surface area contributed by atoms with E-state index in [1.54, 1.807) is 7.11 Å². The van der Waals surface area contributed by atoms with Crippen molar-refractivity contribution in [2.24, 2.45) is 0 Å². The topological polar surface area (TPSA) is 29.5 Å². The number of hydrogen-bond acceptors (Lipinski definition) is 3. The molecule has 2 atom stereocenters. The van der Waals surface area contributed by atoms with Gasteiger partial charge in [-0.05, 0) is 30.5 Å². The molecule has 4 rings (SSSR count). The van der Waals surface area contributed by atoms with E-state index < -0.39 is 0 Å². The van der Waals surface area contributed by atoms with Gasteiger partial charge in [0.2, 0.25) is 0 Å². The maximum atomic E-state index is 13.3. The molecule has 27 heavy (non-hydrogen) atoms. The van der Waals surface area contributed by atoms with Crippen molar-refractivity contribution >= 4 is 5.78 Å². The second kappa shape index (κ2) is 7.07. The number of carbonyl (C=O) groups excluding carboxylic acids is 1.